The quantitative estimate of drug-likeness (QED) is 0.674. The van der Waals surface area contributed by atoms with Gasteiger partial charge in [-0.25, -0.2) is 9.78 Å². The summed E-state index contributed by atoms with van der Waals surface area (Å²) in [5, 5.41) is 9.45. The molecule has 3 aromatic heterocycles. The van der Waals surface area contributed by atoms with E-state index in [1.807, 2.05) is 0 Å². The molecule has 0 radical (unpaired) electrons. The average molecular weight is 313 g/mol. The maximum Gasteiger partial charge on any atom is 0.339 e. The SMILES string of the molecule is Nc1nc2oc3ncc(C4COC4)cc3c(=O)c2cc1C(=O)O. The smallest absolute Gasteiger partial charge is 0.339 e. The van der Waals surface area contributed by atoms with Crippen molar-refractivity contribution >= 4 is 34.0 Å². The molecule has 0 aromatic carbocycles. The maximum absolute atomic E-state index is 12.7. The van der Waals surface area contributed by atoms with Crippen LogP contribution in [-0.4, -0.2) is 34.3 Å². The van der Waals surface area contributed by atoms with Crippen molar-refractivity contribution in [3.63, 3.8) is 0 Å². The van der Waals surface area contributed by atoms with Crippen LogP contribution in [0.1, 0.15) is 21.8 Å². The summed E-state index contributed by atoms with van der Waals surface area (Å²) in [5.74, 6) is -1.26. The van der Waals surface area contributed by atoms with Gasteiger partial charge in [0.05, 0.1) is 24.0 Å². The van der Waals surface area contributed by atoms with Crippen LogP contribution in [0, 0.1) is 0 Å². The Morgan fingerprint density at radius 1 is 1.26 bits per heavy atom. The number of hydrogen-bond acceptors (Lipinski definition) is 7. The first-order valence-corrected chi connectivity index (χ1v) is 6.88. The van der Waals surface area contributed by atoms with Gasteiger partial charge in [0.15, 0.2) is 0 Å². The highest BCUT2D eigenvalue weighted by Crippen LogP contribution is 2.26. The molecule has 0 atom stereocenters. The number of nitrogens with two attached hydrogens (primary N) is 1. The number of ether oxygens (including phenoxy) is 1. The Bertz CT molecular complexity index is 1020. The number of rotatable bonds is 2. The van der Waals surface area contributed by atoms with E-state index >= 15 is 0 Å². The van der Waals surface area contributed by atoms with Gasteiger partial charge < -0.3 is 20.0 Å². The number of nitrogens with zero attached hydrogens (tertiary/aromatic N) is 2. The Labute approximate surface area is 128 Å². The summed E-state index contributed by atoms with van der Waals surface area (Å²) in [6.45, 7) is 1.18. The van der Waals surface area contributed by atoms with Crippen molar-refractivity contribution in [3.8, 4) is 0 Å². The van der Waals surface area contributed by atoms with E-state index in [0.29, 0.717) is 13.2 Å². The fourth-order valence-corrected chi connectivity index (χ4v) is 2.52. The average Bonchev–Trinajstić information content (AvgIpc) is 2.45. The second kappa shape index (κ2) is 4.75. The third-order valence-corrected chi connectivity index (χ3v) is 3.91. The van der Waals surface area contributed by atoms with Crippen molar-refractivity contribution in [2.24, 2.45) is 0 Å². The Hall–Kier alpha value is -3.00. The summed E-state index contributed by atoms with van der Waals surface area (Å²) in [6.07, 6.45) is 1.64. The molecule has 116 valence electrons. The van der Waals surface area contributed by atoms with E-state index < -0.39 is 5.97 Å². The Kier molecular flexibility index (Phi) is 2.82. The van der Waals surface area contributed by atoms with Gasteiger partial charge in [-0.3, -0.25) is 4.79 Å². The summed E-state index contributed by atoms with van der Waals surface area (Å²) in [4.78, 5) is 31.8. The zero-order valence-electron chi connectivity index (χ0n) is 11.8. The lowest BCUT2D eigenvalue weighted by atomic mass is 9.98. The molecule has 0 bridgehead atoms. The number of carboxylic acids is 1. The van der Waals surface area contributed by atoms with Crippen LogP contribution in [0.2, 0.25) is 0 Å². The van der Waals surface area contributed by atoms with Crippen molar-refractivity contribution in [2.45, 2.75) is 5.92 Å². The van der Waals surface area contributed by atoms with Gasteiger partial charge in [0.25, 0.3) is 0 Å². The molecule has 8 nitrogen and oxygen atoms in total. The van der Waals surface area contributed by atoms with E-state index in [9.17, 15) is 9.59 Å². The van der Waals surface area contributed by atoms with Gasteiger partial charge in [-0.05, 0) is 17.7 Å². The van der Waals surface area contributed by atoms with E-state index in [4.69, 9.17) is 20.0 Å². The summed E-state index contributed by atoms with van der Waals surface area (Å²) >= 11 is 0. The van der Waals surface area contributed by atoms with Crippen LogP contribution >= 0.6 is 0 Å². The van der Waals surface area contributed by atoms with Gasteiger partial charge in [0.1, 0.15) is 11.4 Å². The van der Waals surface area contributed by atoms with E-state index in [-0.39, 0.29) is 44.9 Å². The molecule has 0 unspecified atom stereocenters. The number of nitrogen functional groups attached to an aromatic ring is 1. The lowest BCUT2D eigenvalue weighted by molar-refractivity contribution is 0.00834. The van der Waals surface area contributed by atoms with Gasteiger partial charge in [0.2, 0.25) is 16.9 Å². The normalized spacial score (nSPS) is 15.0. The number of hydrogen-bond donors (Lipinski definition) is 2. The fourth-order valence-electron chi connectivity index (χ4n) is 2.52. The highest BCUT2D eigenvalue weighted by atomic mass is 16.5. The van der Waals surface area contributed by atoms with Crippen molar-refractivity contribution in [2.75, 3.05) is 18.9 Å². The van der Waals surface area contributed by atoms with E-state index in [2.05, 4.69) is 9.97 Å². The van der Waals surface area contributed by atoms with Crippen molar-refractivity contribution < 1.29 is 19.1 Å². The fraction of sp³-hybridized carbons (Fsp3) is 0.200. The number of carboxylic acid groups (broad SMARTS) is 1. The van der Waals surface area contributed by atoms with Gasteiger partial charge >= 0.3 is 5.97 Å². The van der Waals surface area contributed by atoms with Gasteiger partial charge in [-0.2, -0.15) is 4.98 Å². The number of carbonyl (C=O) groups is 1. The first-order chi connectivity index (χ1) is 11.0. The molecule has 0 saturated carbocycles. The highest BCUT2D eigenvalue weighted by Gasteiger charge is 2.22. The van der Waals surface area contributed by atoms with Crippen LogP contribution < -0.4 is 11.2 Å². The number of aromatic carboxylic acids is 1. The second-order valence-electron chi connectivity index (χ2n) is 5.37. The predicted molar refractivity (Wildman–Crippen MR) is 80.5 cm³/mol. The first kappa shape index (κ1) is 13.6. The minimum Gasteiger partial charge on any atom is -0.478 e. The second-order valence-corrected chi connectivity index (χ2v) is 5.37. The molecule has 8 heteroatoms. The molecule has 1 saturated heterocycles. The number of aromatic nitrogens is 2. The van der Waals surface area contributed by atoms with Crippen molar-refractivity contribution in [1.29, 1.82) is 0 Å². The minimum absolute atomic E-state index is 0.0303. The standard InChI is InChI=1S/C15H11N3O5/c16-12-10(15(20)21)2-9-11(19)8-1-6(7-4-22-5-7)3-17-13(8)23-14(9)18-12/h1-3,7H,4-5H2,(H2,16,18)(H,20,21). The van der Waals surface area contributed by atoms with E-state index in [1.54, 1.807) is 12.3 Å². The molecule has 0 amide bonds. The molecule has 1 aliphatic heterocycles. The zero-order valence-corrected chi connectivity index (χ0v) is 11.8. The topological polar surface area (TPSA) is 129 Å². The molecule has 1 fully saturated rings. The monoisotopic (exact) mass is 313 g/mol. The summed E-state index contributed by atoms with van der Waals surface area (Å²) in [7, 11) is 0. The lowest BCUT2D eigenvalue weighted by Crippen LogP contribution is -2.25. The van der Waals surface area contributed by atoms with Crippen molar-refractivity contribution in [3.05, 3.63) is 39.7 Å². The Morgan fingerprint density at radius 2 is 2.00 bits per heavy atom. The van der Waals surface area contributed by atoms with E-state index in [0.717, 1.165) is 5.56 Å². The van der Waals surface area contributed by atoms with Crippen LogP contribution in [0.15, 0.2) is 27.5 Å². The molecule has 4 heterocycles. The molecule has 3 aromatic rings. The van der Waals surface area contributed by atoms with Crippen LogP contribution in [0.4, 0.5) is 5.82 Å². The van der Waals surface area contributed by atoms with Crippen molar-refractivity contribution in [1.82, 2.24) is 9.97 Å². The van der Waals surface area contributed by atoms with Gasteiger partial charge in [-0.15, -0.1) is 0 Å². The summed E-state index contributed by atoms with van der Waals surface area (Å²) < 4.78 is 10.6. The number of fused-ring (bicyclic) bond motifs is 2. The zero-order chi connectivity index (χ0) is 16.1. The Morgan fingerprint density at radius 3 is 2.65 bits per heavy atom. The molecule has 3 N–H and O–H groups in total. The number of pyridine rings is 2. The summed E-state index contributed by atoms with van der Waals surface area (Å²) in [6, 6.07) is 2.89. The van der Waals surface area contributed by atoms with E-state index in [1.165, 1.54) is 6.07 Å². The molecule has 4 rings (SSSR count). The predicted octanol–water partition coefficient (Wildman–Crippen LogP) is 1.13. The van der Waals surface area contributed by atoms with Crippen LogP contribution in [0.5, 0.6) is 0 Å². The van der Waals surface area contributed by atoms with Crippen LogP contribution in [-0.2, 0) is 4.74 Å². The first-order valence-electron chi connectivity index (χ1n) is 6.88. The molecule has 23 heavy (non-hydrogen) atoms. The molecule has 1 aliphatic rings. The molecule has 0 aliphatic carbocycles. The number of anilines is 1. The van der Waals surface area contributed by atoms with Crippen LogP contribution in [0.3, 0.4) is 0 Å². The van der Waals surface area contributed by atoms with Gasteiger partial charge in [-0.1, -0.05) is 0 Å². The third kappa shape index (κ3) is 2.03. The maximum atomic E-state index is 12.7. The highest BCUT2D eigenvalue weighted by molar-refractivity contribution is 5.98. The third-order valence-electron chi connectivity index (χ3n) is 3.91. The lowest BCUT2D eigenvalue weighted by Gasteiger charge is -2.25. The molecular weight excluding hydrogens is 302 g/mol. The Balaban J connectivity index is 2.02. The largest absolute Gasteiger partial charge is 0.478 e. The minimum atomic E-state index is -1.25. The molecular formula is C15H11N3O5. The van der Waals surface area contributed by atoms with Gasteiger partial charge in [0, 0.05) is 12.1 Å². The van der Waals surface area contributed by atoms with Crippen LogP contribution in [0.25, 0.3) is 22.2 Å². The molecule has 0 spiro atoms. The summed E-state index contributed by atoms with van der Waals surface area (Å²) in [5.41, 5.74) is 5.96.